The van der Waals surface area contributed by atoms with E-state index in [4.69, 9.17) is 28.9 Å². The van der Waals surface area contributed by atoms with Gasteiger partial charge in [-0.25, -0.2) is 15.0 Å². The van der Waals surface area contributed by atoms with Crippen molar-refractivity contribution in [1.82, 2.24) is 24.8 Å². The molecule has 2 aromatic heterocycles. The molecule has 176 valence electrons. The number of rotatable bonds is 5. The van der Waals surface area contributed by atoms with Crippen LogP contribution in [-0.4, -0.2) is 50.4 Å². The maximum atomic E-state index is 13.2. The van der Waals surface area contributed by atoms with E-state index in [0.29, 0.717) is 52.5 Å². The van der Waals surface area contributed by atoms with Crippen molar-refractivity contribution >= 4 is 56.9 Å². The number of nitrogens with zero attached hydrogens (tertiary/aromatic N) is 4. The standard InChI is InChI=1S/C24H25Cl2N7O/c1-13(22-31-19-5-4-15(25)7-21(19)32-22)30-23-17-8-18(26)16(9-20(17)28-12-29-23)24(34)33-6-2-3-14(10-27)11-33/h4-5,7-9,12-14H,2-3,6,10-11,27H2,1H3,(H,31,32)(H,28,29,30)/t13-,14-/m1/s1. The maximum Gasteiger partial charge on any atom is 0.255 e. The zero-order valence-corrected chi connectivity index (χ0v) is 20.2. The van der Waals surface area contributed by atoms with E-state index >= 15 is 0 Å². The van der Waals surface area contributed by atoms with Gasteiger partial charge in [0, 0.05) is 23.5 Å². The summed E-state index contributed by atoms with van der Waals surface area (Å²) in [5, 5.41) is 5.13. The number of hydrogen-bond acceptors (Lipinski definition) is 6. The van der Waals surface area contributed by atoms with Crippen molar-refractivity contribution in [2.24, 2.45) is 11.7 Å². The number of hydrogen-bond donors (Lipinski definition) is 3. The number of aromatic amines is 1. The first kappa shape index (κ1) is 22.8. The predicted octanol–water partition coefficient (Wildman–Crippen LogP) is 4.80. The van der Waals surface area contributed by atoms with Gasteiger partial charge in [0.15, 0.2) is 0 Å². The number of amides is 1. The highest BCUT2D eigenvalue weighted by Crippen LogP contribution is 2.30. The Morgan fingerprint density at radius 1 is 1.26 bits per heavy atom. The lowest BCUT2D eigenvalue weighted by molar-refractivity contribution is 0.0678. The first-order valence-electron chi connectivity index (χ1n) is 11.3. The maximum absolute atomic E-state index is 13.2. The molecule has 1 amide bonds. The predicted molar refractivity (Wildman–Crippen MR) is 135 cm³/mol. The molecule has 4 aromatic rings. The Labute approximate surface area is 206 Å². The molecule has 10 heteroatoms. The number of nitrogens with two attached hydrogens (primary N) is 1. The van der Waals surface area contributed by atoms with Gasteiger partial charge in [-0.1, -0.05) is 23.2 Å². The minimum Gasteiger partial charge on any atom is -0.360 e. The fourth-order valence-corrected chi connectivity index (χ4v) is 4.86. The van der Waals surface area contributed by atoms with Gasteiger partial charge in [0.25, 0.3) is 5.91 Å². The fraction of sp³-hybridized carbons (Fsp3) is 0.333. The van der Waals surface area contributed by atoms with Crippen LogP contribution in [0, 0.1) is 5.92 Å². The molecule has 0 bridgehead atoms. The Kier molecular flexibility index (Phi) is 6.29. The summed E-state index contributed by atoms with van der Waals surface area (Å²) in [5.74, 6) is 1.60. The average Bonchev–Trinajstić information content (AvgIpc) is 3.27. The van der Waals surface area contributed by atoms with E-state index in [-0.39, 0.29) is 11.9 Å². The zero-order chi connectivity index (χ0) is 23.8. The van der Waals surface area contributed by atoms with Crippen LogP contribution in [0.2, 0.25) is 10.0 Å². The van der Waals surface area contributed by atoms with Gasteiger partial charge in [-0.2, -0.15) is 0 Å². The summed E-state index contributed by atoms with van der Waals surface area (Å²) in [4.78, 5) is 31.8. The van der Waals surface area contributed by atoms with Gasteiger partial charge < -0.3 is 20.9 Å². The van der Waals surface area contributed by atoms with E-state index in [9.17, 15) is 4.79 Å². The van der Waals surface area contributed by atoms with Crippen molar-refractivity contribution in [3.8, 4) is 0 Å². The van der Waals surface area contributed by atoms with Crippen LogP contribution in [0.5, 0.6) is 0 Å². The lowest BCUT2D eigenvalue weighted by atomic mass is 9.97. The molecule has 2 aromatic carbocycles. The number of anilines is 1. The number of fused-ring (bicyclic) bond motifs is 2. The van der Waals surface area contributed by atoms with Crippen molar-refractivity contribution in [3.63, 3.8) is 0 Å². The SMILES string of the molecule is C[C@@H](Nc1ncnc2cc(C(=O)N3CCC[C@H](CN)C3)c(Cl)cc12)c1nc2ccc(Cl)cc2[nH]1. The van der Waals surface area contributed by atoms with Crippen molar-refractivity contribution < 1.29 is 4.79 Å². The minimum absolute atomic E-state index is 0.0903. The van der Waals surface area contributed by atoms with Crippen LogP contribution in [0.3, 0.4) is 0 Å². The third-order valence-corrected chi connectivity index (χ3v) is 6.87. The molecule has 2 atom stereocenters. The smallest absolute Gasteiger partial charge is 0.255 e. The lowest BCUT2D eigenvalue weighted by Gasteiger charge is -2.32. The zero-order valence-electron chi connectivity index (χ0n) is 18.7. The largest absolute Gasteiger partial charge is 0.360 e. The number of imidazole rings is 1. The molecule has 1 aliphatic heterocycles. The molecule has 0 spiro atoms. The van der Waals surface area contributed by atoms with Crippen LogP contribution >= 0.6 is 23.2 Å². The summed E-state index contributed by atoms with van der Waals surface area (Å²) in [7, 11) is 0. The normalized spacial score (nSPS) is 17.3. The highest BCUT2D eigenvalue weighted by atomic mass is 35.5. The summed E-state index contributed by atoms with van der Waals surface area (Å²) in [6.45, 7) is 3.92. The van der Waals surface area contributed by atoms with E-state index in [1.807, 2.05) is 30.0 Å². The monoisotopic (exact) mass is 497 g/mol. The Balaban J connectivity index is 1.42. The molecule has 8 nitrogen and oxygen atoms in total. The summed E-state index contributed by atoms with van der Waals surface area (Å²) in [6.07, 6.45) is 3.47. The molecule has 0 aliphatic carbocycles. The number of aromatic nitrogens is 4. The highest BCUT2D eigenvalue weighted by molar-refractivity contribution is 6.35. The molecule has 0 saturated carbocycles. The number of halogens is 2. The van der Waals surface area contributed by atoms with Crippen molar-refractivity contribution in [2.75, 3.05) is 25.0 Å². The van der Waals surface area contributed by atoms with Crippen LogP contribution in [0.25, 0.3) is 21.9 Å². The number of carbonyl (C=O) groups is 1. The molecule has 3 heterocycles. The molecular weight excluding hydrogens is 473 g/mol. The van der Waals surface area contributed by atoms with E-state index in [1.54, 1.807) is 12.1 Å². The molecule has 1 saturated heterocycles. The number of piperidine rings is 1. The van der Waals surface area contributed by atoms with Gasteiger partial charge >= 0.3 is 0 Å². The van der Waals surface area contributed by atoms with Gasteiger partial charge in [-0.3, -0.25) is 4.79 Å². The number of H-pyrrole nitrogens is 1. The minimum atomic E-state index is -0.175. The molecule has 1 fully saturated rings. The van der Waals surface area contributed by atoms with Crippen molar-refractivity contribution in [3.05, 3.63) is 58.1 Å². The molecular formula is C24H25Cl2N7O. The van der Waals surface area contributed by atoms with Crippen LogP contribution < -0.4 is 11.1 Å². The second kappa shape index (κ2) is 9.37. The molecule has 34 heavy (non-hydrogen) atoms. The summed E-state index contributed by atoms with van der Waals surface area (Å²) in [5.41, 5.74) is 8.62. The van der Waals surface area contributed by atoms with E-state index in [2.05, 4.69) is 25.3 Å². The van der Waals surface area contributed by atoms with E-state index in [1.165, 1.54) is 6.33 Å². The number of carbonyl (C=O) groups excluding carboxylic acids is 1. The Bertz CT molecular complexity index is 1370. The number of likely N-dealkylation sites (tertiary alicyclic amines) is 1. The van der Waals surface area contributed by atoms with Gasteiger partial charge in [0.05, 0.1) is 33.2 Å². The Morgan fingerprint density at radius 2 is 2.12 bits per heavy atom. The highest BCUT2D eigenvalue weighted by Gasteiger charge is 2.26. The van der Waals surface area contributed by atoms with Gasteiger partial charge in [0.1, 0.15) is 18.0 Å². The first-order chi connectivity index (χ1) is 16.4. The quantitative estimate of drug-likeness (QED) is 0.365. The Hall–Kier alpha value is -2.94. The lowest BCUT2D eigenvalue weighted by Crippen LogP contribution is -2.42. The molecule has 5 rings (SSSR count). The summed E-state index contributed by atoms with van der Waals surface area (Å²) >= 11 is 12.7. The number of nitrogens with one attached hydrogen (secondary N) is 2. The summed E-state index contributed by atoms with van der Waals surface area (Å²) < 4.78 is 0. The third kappa shape index (κ3) is 4.41. The van der Waals surface area contributed by atoms with Gasteiger partial charge in [-0.05, 0) is 62.6 Å². The molecule has 1 aliphatic rings. The fourth-order valence-electron chi connectivity index (χ4n) is 4.45. The molecule has 0 radical (unpaired) electrons. The Morgan fingerprint density at radius 3 is 2.94 bits per heavy atom. The van der Waals surface area contributed by atoms with Crippen LogP contribution in [0.1, 0.15) is 42.0 Å². The number of benzene rings is 2. The topological polar surface area (TPSA) is 113 Å². The second-order valence-electron chi connectivity index (χ2n) is 8.72. The molecule has 4 N–H and O–H groups in total. The van der Waals surface area contributed by atoms with Crippen LogP contribution in [-0.2, 0) is 0 Å². The van der Waals surface area contributed by atoms with Crippen LogP contribution in [0.4, 0.5) is 5.82 Å². The summed E-state index contributed by atoms with van der Waals surface area (Å²) in [6, 6.07) is 8.85. The molecule has 0 unspecified atom stereocenters. The second-order valence-corrected chi connectivity index (χ2v) is 9.56. The van der Waals surface area contributed by atoms with E-state index < -0.39 is 0 Å². The average molecular weight is 498 g/mol. The van der Waals surface area contributed by atoms with Crippen LogP contribution in [0.15, 0.2) is 36.7 Å². The first-order valence-corrected chi connectivity index (χ1v) is 12.0. The van der Waals surface area contributed by atoms with Crippen molar-refractivity contribution in [1.29, 1.82) is 0 Å². The van der Waals surface area contributed by atoms with Gasteiger partial charge in [0.2, 0.25) is 0 Å². The third-order valence-electron chi connectivity index (χ3n) is 6.32. The van der Waals surface area contributed by atoms with Crippen molar-refractivity contribution in [2.45, 2.75) is 25.8 Å². The van der Waals surface area contributed by atoms with Gasteiger partial charge in [-0.15, -0.1) is 0 Å². The van der Waals surface area contributed by atoms with E-state index in [0.717, 1.165) is 35.1 Å².